The Kier molecular flexibility index (Phi) is 5.66. The lowest BCUT2D eigenvalue weighted by Crippen LogP contribution is -2.53. The summed E-state index contributed by atoms with van der Waals surface area (Å²) in [6.45, 7) is 8.31. The maximum absolute atomic E-state index is 11.9. The highest BCUT2D eigenvalue weighted by atomic mass is 79.9. The second kappa shape index (κ2) is 6.38. The molecular weight excluding hydrogens is 294 g/mol. The molecule has 18 heavy (non-hydrogen) atoms. The molecular formula is C14H26BrNO2. The summed E-state index contributed by atoms with van der Waals surface area (Å²) in [5.74, 6) is 0.777. The van der Waals surface area contributed by atoms with Crippen LogP contribution >= 0.6 is 15.9 Å². The quantitative estimate of drug-likeness (QED) is 0.808. The fraction of sp³-hybridized carbons (Fsp3) is 0.929. The molecule has 0 unspecified atom stereocenters. The number of rotatable bonds is 4. The van der Waals surface area contributed by atoms with Gasteiger partial charge in [-0.05, 0) is 52.4 Å². The van der Waals surface area contributed by atoms with Gasteiger partial charge >= 0.3 is 0 Å². The molecule has 1 fully saturated rings. The molecule has 0 atom stereocenters. The Morgan fingerprint density at radius 3 is 2.39 bits per heavy atom. The fourth-order valence-corrected chi connectivity index (χ4v) is 2.92. The Morgan fingerprint density at radius 2 is 1.94 bits per heavy atom. The summed E-state index contributed by atoms with van der Waals surface area (Å²) < 4.78 is 5.52. The summed E-state index contributed by atoms with van der Waals surface area (Å²) in [5.41, 5.74) is -0.329. The minimum Gasteiger partial charge on any atom is -0.366 e. The van der Waals surface area contributed by atoms with Gasteiger partial charge in [-0.1, -0.05) is 22.9 Å². The third kappa shape index (κ3) is 5.27. The van der Waals surface area contributed by atoms with Gasteiger partial charge in [-0.25, -0.2) is 0 Å². The van der Waals surface area contributed by atoms with Crippen LogP contribution in [0.1, 0.15) is 53.4 Å². The topological polar surface area (TPSA) is 38.3 Å². The van der Waals surface area contributed by atoms with Gasteiger partial charge < -0.3 is 10.1 Å². The van der Waals surface area contributed by atoms with Gasteiger partial charge in [0.05, 0.1) is 5.60 Å². The van der Waals surface area contributed by atoms with Crippen LogP contribution in [0.15, 0.2) is 0 Å². The standard InChI is InChI=1S/C14H26BrNO2/c1-11-5-7-14(10-15,8-6-11)16-12(17)9-18-13(2,3)4/h11H,5-10H2,1-4H3,(H,16,17). The van der Waals surface area contributed by atoms with Crippen molar-refractivity contribution in [1.82, 2.24) is 5.32 Å². The second-order valence-electron chi connectivity index (χ2n) is 6.55. The van der Waals surface area contributed by atoms with Gasteiger partial charge in [-0.2, -0.15) is 0 Å². The number of carbonyl (C=O) groups excluding carboxylic acids is 1. The highest BCUT2D eigenvalue weighted by molar-refractivity contribution is 9.09. The van der Waals surface area contributed by atoms with Crippen molar-refractivity contribution in [2.75, 3.05) is 11.9 Å². The van der Waals surface area contributed by atoms with Crippen molar-refractivity contribution in [2.24, 2.45) is 5.92 Å². The number of ether oxygens (including phenoxy) is 1. The van der Waals surface area contributed by atoms with Gasteiger partial charge in [-0.3, -0.25) is 4.79 Å². The van der Waals surface area contributed by atoms with Crippen LogP contribution < -0.4 is 5.32 Å². The van der Waals surface area contributed by atoms with E-state index < -0.39 is 0 Å². The molecule has 0 aliphatic heterocycles. The highest BCUT2D eigenvalue weighted by Crippen LogP contribution is 2.33. The Bertz CT molecular complexity index is 278. The third-order valence-electron chi connectivity index (χ3n) is 3.53. The first-order valence-corrected chi connectivity index (χ1v) is 7.89. The molecule has 106 valence electrons. The first-order chi connectivity index (χ1) is 8.26. The van der Waals surface area contributed by atoms with Gasteiger partial charge in [0.25, 0.3) is 0 Å². The number of alkyl halides is 1. The molecule has 0 saturated heterocycles. The fourth-order valence-electron chi connectivity index (χ4n) is 2.22. The van der Waals surface area contributed by atoms with Gasteiger partial charge in [0.15, 0.2) is 0 Å². The first-order valence-electron chi connectivity index (χ1n) is 6.77. The van der Waals surface area contributed by atoms with Crippen molar-refractivity contribution >= 4 is 21.8 Å². The zero-order chi connectivity index (χ0) is 13.8. The minimum absolute atomic E-state index is 0.000993. The Balaban J connectivity index is 2.45. The van der Waals surface area contributed by atoms with Crippen molar-refractivity contribution in [2.45, 2.75) is 64.5 Å². The summed E-state index contributed by atoms with van der Waals surface area (Å²) in [7, 11) is 0. The molecule has 4 heteroatoms. The van der Waals surface area contributed by atoms with E-state index in [1.54, 1.807) is 0 Å². The normalized spacial score (nSPS) is 29.1. The van der Waals surface area contributed by atoms with E-state index in [1.165, 1.54) is 12.8 Å². The summed E-state index contributed by atoms with van der Waals surface area (Å²) in [6.07, 6.45) is 4.49. The second-order valence-corrected chi connectivity index (χ2v) is 7.11. The predicted octanol–water partition coefficient (Wildman–Crippen LogP) is 3.26. The van der Waals surface area contributed by atoms with E-state index in [4.69, 9.17) is 4.74 Å². The number of halogens is 1. The number of nitrogens with one attached hydrogen (secondary N) is 1. The molecule has 1 aliphatic rings. The predicted molar refractivity (Wildman–Crippen MR) is 78.0 cm³/mol. The molecule has 0 aromatic heterocycles. The molecule has 1 saturated carbocycles. The average molecular weight is 320 g/mol. The maximum Gasteiger partial charge on any atom is 0.246 e. The van der Waals surface area contributed by atoms with Gasteiger partial charge in [0.1, 0.15) is 6.61 Å². The SMILES string of the molecule is CC1CCC(CBr)(NC(=O)COC(C)(C)C)CC1. The van der Waals surface area contributed by atoms with E-state index in [9.17, 15) is 4.79 Å². The highest BCUT2D eigenvalue weighted by Gasteiger charge is 2.34. The summed E-state index contributed by atoms with van der Waals surface area (Å²) in [5, 5.41) is 3.99. The summed E-state index contributed by atoms with van der Waals surface area (Å²) >= 11 is 3.55. The van der Waals surface area contributed by atoms with Crippen molar-refractivity contribution in [3.63, 3.8) is 0 Å². The lowest BCUT2D eigenvalue weighted by molar-refractivity contribution is -0.132. The van der Waals surface area contributed by atoms with Crippen LogP contribution in [0.4, 0.5) is 0 Å². The van der Waals surface area contributed by atoms with Gasteiger partial charge in [0.2, 0.25) is 5.91 Å². The van der Waals surface area contributed by atoms with Crippen molar-refractivity contribution < 1.29 is 9.53 Å². The molecule has 0 spiro atoms. The maximum atomic E-state index is 11.9. The molecule has 1 amide bonds. The molecule has 3 nitrogen and oxygen atoms in total. The van der Waals surface area contributed by atoms with E-state index in [2.05, 4.69) is 28.2 Å². The van der Waals surface area contributed by atoms with Crippen LogP contribution in [0.2, 0.25) is 0 Å². The lowest BCUT2D eigenvalue weighted by Gasteiger charge is -2.39. The zero-order valence-corrected chi connectivity index (χ0v) is 13.6. The van der Waals surface area contributed by atoms with Crippen LogP contribution in [0.25, 0.3) is 0 Å². The van der Waals surface area contributed by atoms with Crippen LogP contribution in [0, 0.1) is 5.92 Å². The molecule has 0 aromatic rings. The van der Waals surface area contributed by atoms with Crippen molar-refractivity contribution in [3.05, 3.63) is 0 Å². The largest absolute Gasteiger partial charge is 0.366 e. The van der Waals surface area contributed by atoms with E-state index in [1.807, 2.05) is 20.8 Å². The molecule has 1 rings (SSSR count). The summed E-state index contributed by atoms with van der Waals surface area (Å²) in [6, 6.07) is 0. The minimum atomic E-state index is -0.264. The number of carbonyl (C=O) groups is 1. The monoisotopic (exact) mass is 319 g/mol. The van der Waals surface area contributed by atoms with E-state index in [0.29, 0.717) is 0 Å². The van der Waals surface area contributed by atoms with Crippen LogP contribution in [-0.2, 0) is 9.53 Å². The number of hydrogen-bond donors (Lipinski definition) is 1. The Labute approximate surface area is 119 Å². The Hall–Kier alpha value is -0.0900. The van der Waals surface area contributed by atoms with E-state index >= 15 is 0 Å². The van der Waals surface area contributed by atoms with Gasteiger partial charge in [-0.15, -0.1) is 0 Å². The third-order valence-corrected chi connectivity index (χ3v) is 4.60. The van der Waals surface area contributed by atoms with Crippen molar-refractivity contribution in [1.29, 1.82) is 0 Å². The molecule has 1 N–H and O–H groups in total. The number of hydrogen-bond acceptors (Lipinski definition) is 2. The van der Waals surface area contributed by atoms with Crippen molar-refractivity contribution in [3.8, 4) is 0 Å². The lowest BCUT2D eigenvalue weighted by atomic mass is 9.78. The van der Waals surface area contributed by atoms with Crippen LogP contribution in [0.5, 0.6) is 0 Å². The van der Waals surface area contributed by atoms with Crippen LogP contribution in [-0.4, -0.2) is 29.0 Å². The Morgan fingerprint density at radius 1 is 1.39 bits per heavy atom. The first kappa shape index (κ1) is 16.0. The van der Waals surface area contributed by atoms with E-state index in [0.717, 1.165) is 24.1 Å². The van der Waals surface area contributed by atoms with E-state index in [-0.39, 0.29) is 23.7 Å². The van der Waals surface area contributed by atoms with Crippen LogP contribution in [0.3, 0.4) is 0 Å². The molecule has 1 aliphatic carbocycles. The molecule has 0 bridgehead atoms. The molecule has 0 heterocycles. The average Bonchev–Trinajstić information content (AvgIpc) is 2.29. The number of amides is 1. The molecule has 0 radical (unpaired) electrons. The molecule has 0 aromatic carbocycles. The summed E-state index contributed by atoms with van der Waals surface area (Å²) in [4.78, 5) is 11.9. The zero-order valence-electron chi connectivity index (χ0n) is 12.0. The smallest absolute Gasteiger partial charge is 0.246 e. The van der Waals surface area contributed by atoms with Gasteiger partial charge in [0, 0.05) is 10.9 Å².